The zero-order valence-electron chi connectivity index (χ0n) is 13.1. The van der Waals surface area contributed by atoms with Crippen LogP contribution in [0.4, 0.5) is 18.0 Å². The molecule has 2 N–H and O–H groups in total. The molecule has 24 heavy (non-hydrogen) atoms. The number of alkyl halides is 3. The molecule has 1 aromatic heterocycles. The second kappa shape index (κ2) is 6.02. The standard InChI is InChI=1S/C14H15BF3NO5/c1-13(2,3)24-12(20)19-10-5-4-9(23-14(16,17)18)6-8(10)7-11(19)15(21)22/h4-7,21-22H,1-3H3. The lowest BCUT2D eigenvalue weighted by Crippen LogP contribution is -2.40. The van der Waals surface area contributed by atoms with Crippen molar-refractivity contribution in [3.8, 4) is 5.75 Å². The van der Waals surface area contributed by atoms with Gasteiger partial charge in [0.25, 0.3) is 0 Å². The molecule has 2 aromatic rings. The van der Waals surface area contributed by atoms with Gasteiger partial charge in [0, 0.05) is 5.39 Å². The van der Waals surface area contributed by atoms with E-state index in [1.54, 1.807) is 20.8 Å². The first-order valence-electron chi connectivity index (χ1n) is 6.88. The monoisotopic (exact) mass is 345 g/mol. The third-order valence-electron chi connectivity index (χ3n) is 2.88. The van der Waals surface area contributed by atoms with Crippen molar-refractivity contribution in [1.82, 2.24) is 4.57 Å². The summed E-state index contributed by atoms with van der Waals surface area (Å²) in [7, 11) is -2.02. The molecule has 0 radical (unpaired) electrons. The van der Waals surface area contributed by atoms with Gasteiger partial charge in [-0.1, -0.05) is 0 Å². The van der Waals surface area contributed by atoms with Gasteiger partial charge >= 0.3 is 19.6 Å². The Hall–Kier alpha value is -2.20. The van der Waals surface area contributed by atoms with E-state index in [0.29, 0.717) is 0 Å². The molecule has 130 valence electrons. The van der Waals surface area contributed by atoms with Gasteiger partial charge in [0.15, 0.2) is 0 Å². The van der Waals surface area contributed by atoms with Gasteiger partial charge in [-0.2, -0.15) is 0 Å². The third-order valence-corrected chi connectivity index (χ3v) is 2.88. The molecule has 0 amide bonds. The molecule has 0 atom stereocenters. The summed E-state index contributed by atoms with van der Waals surface area (Å²) in [6, 6.07) is 4.43. The smallest absolute Gasteiger partial charge is 0.443 e. The second-order valence-electron chi connectivity index (χ2n) is 6.03. The highest BCUT2D eigenvalue weighted by Gasteiger charge is 2.32. The molecule has 0 aliphatic rings. The lowest BCUT2D eigenvalue weighted by molar-refractivity contribution is -0.274. The average Bonchev–Trinajstić information content (AvgIpc) is 2.73. The molecule has 1 heterocycles. The number of halogens is 3. The van der Waals surface area contributed by atoms with Crippen LogP contribution < -0.4 is 10.3 Å². The molecule has 0 saturated heterocycles. The van der Waals surface area contributed by atoms with Crippen LogP contribution in [0.3, 0.4) is 0 Å². The zero-order chi connectivity index (χ0) is 18.3. The first-order valence-corrected chi connectivity index (χ1v) is 6.88. The number of nitrogens with zero attached hydrogens (tertiary/aromatic N) is 1. The summed E-state index contributed by atoms with van der Waals surface area (Å²) in [6.07, 6.45) is -5.74. The maximum Gasteiger partial charge on any atom is 0.573 e. The van der Waals surface area contributed by atoms with Crippen LogP contribution in [0, 0.1) is 0 Å². The van der Waals surface area contributed by atoms with Crippen LogP contribution in [0.1, 0.15) is 20.8 Å². The molecule has 1 aromatic carbocycles. The van der Waals surface area contributed by atoms with Gasteiger partial charge in [0.05, 0.1) is 11.1 Å². The molecule has 0 unspecified atom stereocenters. The molecule has 0 fully saturated rings. The molecular weight excluding hydrogens is 330 g/mol. The average molecular weight is 345 g/mol. The molecule has 2 rings (SSSR count). The van der Waals surface area contributed by atoms with Crippen molar-refractivity contribution in [1.29, 1.82) is 0 Å². The summed E-state index contributed by atoms with van der Waals surface area (Å²) in [5, 5.41) is 19.0. The summed E-state index contributed by atoms with van der Waals surface area (Å²) in [5.41, 5.74) is -0.921. The lowest BCUT2D eigenvalue weighted by atomic mass is 9.86. The molecule has 0 saturated carbocycles. The van der Waals surface area contributed by atoms with Gasteiger partial charge in [-0.25, -0.2) is 4.79 Å². The Morgan fingerprint density at radius 1 is 1.17 bits per heavy atom. The topological polar surface area (TPSA) is 80.9 Å². The Bertz CT molecular complexity index is 764. The molecule has 6 nitrogen and oxygen atoms in total. The Morgan fingerprint density at radius 3 is 2.29 bits per heavy atom. The van der Waals surface area contributed by atoms with Gasteiger partial charge in [0.1, 0.15) is 11.4 Å². The first-order chi connectivity index (χ1) is 10.9. The summed E-state index contributed by atoms with van der Waals surface area (Å²) in [4.78, 5) is 12.3. The maximum atomic E-state index is 12.3. The SMILES string of the molecule is CC(C)(C)OC(=O)n1c(B(O)O)cc2cc(OC(F)(F)F)ccc21. The van der Waals surface area contributed by atoms with Crippen LogP contribution in [-0.4, -0.2) is 39.8 Å². The van der Waals surface area contributed by atoms with Crippen molar-refractivity contribution >= 4 is 29.7 Å². The minimum atomic E-state index is -4.86. The summed E-state index contributed by atoms with van der Waals surface area (Å²) < 4.78 is 46.7. The van der Waals surface area contributed by atoms with Crippen LogP contribution in [0.15, 0.2) is 24.3 Å². The zero-order valence-corrected chi connectivity index (χ0v) is 13.1. The Labute approximate surface area is 135 Å². The molecular formula is C14H15BF3NO5. The molecule has 10 heteroatoms. The third kappa shape index (κ3) is 4.21. The van der Waals surface area contributed by atoms with Crippen LogP contribution in [0.2, 0.25) is 0 Å². The Morgan fingerprint density at radius 2 is 1.79 bits per heavy atom. The van der Waals surface area contributed by atoms with Crippen molar-refractivity contribution in [3.05, 3.63) is 24.3 Å². The predicted octanol–water partition coefficient (Wildman–Crippen LogP) is 2.00. The predicted molar refractivity (Wildman–Crippen MR) is 80.1 cm³/mol. The second-order valence-corrected chi connectivity index (χ2v) is 6.03. The minimum Gasteiger partial charge on any atom is -0.443 e. The van der Waals surface area contributed by atoms with Crippen LogP contribution in [-0.2, 0) is 4.74 Å². The number of ether oxygens (including phenoxy) is 2. The van der Waals surface area contributed by atoms with Gasteiger partial charge < -0.3 is 19.5 Å². The Kier molecular flexibility index (Phi) is 4.56. The van der Waals surface area contributed by atoms with Gasteiger partial charge in [-0.3, -0.25) is 4.57 Å². The number of hydrogen-bond acceptors (Lipinski definition) is 5. The van der Waals surface area contributed by atoms with E-state index in [2.05, 4.69) is 4.74 Å². The number of aromatic nitrogens is 1. The van der Waals surface area contributed by atoms with Crippen molar-refractivity contribution in [2.45, 2.75) is 32.7 Å². The van der Waals surface area contributed by atoms with Crippen LogP contribution >= 0.6 is 0 Å². The van der Waals surface area contributed by atoms with Crippen molar-refractivity contribution < 1.29 is 37.5 Å². The number of benzene rings is 1. The summed E-state index contributed by atoms with van der Waals surface area (Å²) in [5.74, 6) is -0.490. The minimum absolute atomic E-state index is 0.155. The van der Waals surface area contributed by atoms with E-state index in [1.807, 2.05) is 0 Å². The van der Waals surface area contributed by atoms with E-state index >= 15 is 0 Å². The fourth-order valence-electron chi connectivity index (χ4n) is 2.11. The number of carbonyl (C=O) groups excluding carboxylic acids is 1. The van der Waals surface area contributed by atoms with Gasteiger partial charge in [-0.15, -0.1) is 13.2 Å². The summed E-state index contributed by atoms with van der Waals surface area (Å²) >= 11 is 0. The highest BCUT2D eigenvalue weighted by molar-refractivity contribution is 6.59. The number of hydrogen-bond donors (Lipinski definition) is 2. The largest absolute Gasteiger partial charge is 0.573 e. The normalized spacial score (nSPS) is 12.3. The molecule has 0 aliphatic carbocycles. The van der Waals surface area contributed by atoms with E-state index in [4.69, 9.17) is 4.74 Å². The summed E-state index contributed by atoms with van der Waals surface area (Å²) in [6.45, 7) is 4.88. The van der Waals surface area contributed by atoms with Crippen LogP contribution in [0.5, 0.6) is 5.75 Å². The lowest BCUT2D eigenvalue weighted by Gasteiger charge is -2.21. The highest BCUT2D eigenvalue weighted by atomic mass is 19.4. The van der Waals surface area contributed by atoms with E-state index in [9.17, 15) is 28.0 Å². The highest BCUT2D eigenvalue weighted by Crippen LogP contribution is 2.27. The van der Waals surface area contributed by atoms with Crippen molar-refractivity contribution in [2.24, 2.45) is 0 Å². The number of carbonyl (C=O) groups is 1. The van der Waals surface area contributed by atoms with E-state index < -0.39 is 30.9 Å². The molecule has 0 spiro atoms. The molecule has 0 bridgehead atoms. The number of fused-ring (bicyclic) bond motifs is 1. The van der Waals surface area contributed by atoms with Gasteiger partial charge in [0.2, 0.25) is 0 Å². The quantitative estimate of drug-likeness (QED) is 0.814. The van der Waals surface area contributed by atoms with Crippen LogP contribution in [0.25, 0.3) is 10.9 Å². The van der Waals surface area contributed by atoms with E-state index in [1.165, 1.54) is 12.1 Å². The van der Waals surface area contributed by atoms with Gasteiger partial charge in [-0.05, 0) is 45.0 Å². The first kappa shape index (κ1) is 18.1. The van der Waals surface area contributed by atoms with Crippen molar-refractivity contribution in [2.75, 3.05) is 0 Å². The Balaban J connectivity index is 2.53. The van der Waals surface area contributed by atoms with Crippen molar-refractivity contribution in [3.63, 3.8) is 0 Å². The fourth-order valence-corrected chi connectivity index (χ4v) is 2.11. The fraction of sp³-hybridized carbons (Fsp3) is 0.357. The molecule has 0 aliphatic heterocycles. The van der Waals surface area contributed by atoms with E-state index in [0.717, 1.165) is 16.7 Å². The van der Waals surface area contributed by atoms with E-state index in [-0.39, 0.29) is 16.5 Å². The maximum absolute atomic E-state index is 12.3. The number of rotatable bonds is 2.